The van der Waals surface area contributed by atoms with Crippen molar-refractivity contribution in [1.82, 2.24) is 15.4 Å². The highest BCUT2D eigenvalue weighted by Crippen LogP contribution is 2.10. The normalized spacial score (nSPS) is 12.0. The van der Waals surface area contributed by atoms with E-state index >= 15 is 0 Å². The molecule has 0 radical (unpaired) electrons. The fourth-order valence-corrected chi connectivity index (χ4v) is 3.49. The summed E-state index contributed by atoms with van der Waals surface area (Å²) in [4.78, 5) is 4.59. The van der Waals surface area contributed by atoms with Crippen molar-refractivity contribution in [3.8, 4) is 0 Å². The van der Waals surface area contributed by atoms with Crippen LogP contribution < -0.4 is 15.4 Å². The van der Waals surface area contributed by atoms with E-state index in [2.05, 4.69) is 20.3 Å². The molecule has 0 bridgehead atoms. The van der Waals surface area contributed by atoms with Crippen molar-refractivity contribution in [3.05, 3.63) is 70.2 Å². The van der Waals surface area contributed by atoms with Crippen molar-refractivity contribution in [3.63, 3.8) is 0 Å². The zero-order valence-corrected chi connectivity index (χ0v) is 17.8. The maximum atomic E-state index is 11.7. The molecule has 0 amide bonds. The zero-order chi connectivity index (χ0) is 20.4. The number of nitrogens with zero attached hydrogens (tertiary/aromatic N) is 1. The average Bonchev–Trinajstić information content (AvgIpc) is 2.67. The van der Waals surface area contributed by atoms with Crippen molar-refractivity contribution in [2.75, 3.05) is 20.1 Å². The maximum Gasteiger partial charge on any atom is 0.215 e. The second kappa shape index (κ2) is 11.0. The Balaban J connectivity index is 1.95. The van der Waals surface area contributed by atoms with Crippen LogP contribution in [0.5, 0.6) is 0 Å². The summed E-state index contributed by atoms with van der Waals surface area (Å²) in [5.41, 5.74) is 2.90. The lowest BCUT2D eigenvalue weighted by Crippen LogP contribution is -2.38. The molecule has 0 aliphatic rings. The molecule has 3 N–H and O–H groups in total. The quantitative estimate of drug-likeness (QED) is 0.428. The van der Waals surface area contributed by atoms with Crippen molar-refractivity contribution < 1.29 is 8.42 Å². The Morgan fingerprint density at radius 3 is 2.43 bits per heavy atom. The van der Waals surface area contributed by atoms with E-state index in [-0.39, 0.29) is 5.75 Å². The highest BCUT2D eigenvalue weighted by atomic mass is 35.5. The highest BCUT2D eigenvalue weighted by molar-refractivity contribution is 7.88. The van der Waals surface area contributed by atoms with Gasteiger partial charge >= 0.3 is 0 Å². The molecule has 2 aromatic rings. The van der Waals surface area contributed by atoms with E-state index in [1.807, 2.05) is 49.4 Å². The summed E-state index contributed by atoms with van der Waals surface area (Å²) in [6.45, 7) is 3.98. The van der Waals surface area contributed by atoms with Crippen LogP contribution in [0.4, 0.5) is 0 Å². The summed E-state index contributed by atoms with van der Waals surface area (Å²) in [5, 5.41) is 7.27. The number of hydrogen-bond donors (Lipinski definition) is 3. The van der Waals surface area contributed by atoms with Gasteiger partial charge in [0, 0.05) is 18.1 Å². The van der Waals surface area contributed by atoms with Gasteiger partial charge < -0.3 is 10.6 Å². The lowest BCUT2D eigenvalue weighted by Gasteiger charge is -2.12. The lowest BCUT2D eigenvalue weighted by atomic mass is 10.1. The monoisotopic (exact) mass is 422 g/mol. The van der Waals surface area contributed by atoms with Gasteiger partial charge in [-0.3, -0.25) is 0 Å². The van der Waals surface area contributed by atoms with Crippen LogP contribution in [-0.2, 0) is 28.7 Å². The Bertz CT molecular complexity index is 883. The SMILES string of the molecule is CCNC(=NCc1cccc(CS(=O)(=O)NC)c1)NCCc1ccc(Cl)cc1. The Hall–Kier alpha value is -2.09. The number of aliphatic imine (C=N–C) groups is 1. The van der Waals surface area contributed by atoms with E-state index in [9.17, 15) is 8.42 Å². The van der Waals surface area contributed by atoms with Crippen molar-refractivity contribution >= 4 is 27.6 Å². The Morgan fingerprint density at radius 2 is 1.75 bits per heavy atom. The average molecular weight is 423 g/mol. The Kier molecular flexibility index (Phi) is 8.76. The third-order valence-corrected chi connectivity index (χ3v) is 5.63. The van der Waals surface area contributed by atoms with Crippen molar-refractivity contribution in [2.24, 2.45) is 4.99 Å². The maximum absolute atomic E-state index is 11.7. The number of sulfonamides is 1. The fourth-order valence-electron chi connectivity index (χ4n) is 2.60. The number of benzene rings is 2. The first kappa shape index (κ1) is 22.2. The first-order valence-corrected chi connectivity index (χ1v) is 11.2. The molecule has 0 aromatic heterocycles. The van der Waals surface area contributed by atoms with Crippen LogP contribution in [-0.4, -0.2) is 34.5 Å². The van der Waals surface area contributed by atoms with Crippen molar-refractivity contribution in [2.45, 2.75) is 25.6 Å². The molecular weight excluding hydrogens is 396 g/mol. The second-order valence-corrected chi connectivity index (χ2v) is 8.64. The third kappa shape index (κ3) is 7.88. The first-order valence-electron chi connectivity index (χ1n) is 9.17. The zero-order valence-electron chi connectivity index (χ0n) is 16.2. The standard InChI is InChI=1S/C20H27ClN4O2S/c1-3-23-20(24-12-11-16-7-9-19(21)10-8-16)25-14-17-5-4-6-18(13-17)15-28(26,27)22-2/h4-10,13,22H,3,11-12,14-15H2,1-2H3,(H2,23,24,25). The molecule has 2 aromatic carbocycles. The van der Waals surface area contributed by atoms with Gasteiger partial charge in [-0.05, 0) is 49.2 Å². The number of hydrogen-bond acceptors (Lipinski definition) is 3. The van der Waals surface area contributed by atoms with Crippen LogP contribution in [0.25, 0.3) is 0 Å². The van der Waals surface area contributed by atoms with Gasteiger partial charge in [0.25, 0.3) is 0 Å². The van der Waals surface area contributed by atoms with Gasteiger partial charge in [0.2, 0.25) is 10.0 Å². The molecule has 0 saturated heterocycles. The molecule has 0 fully saturated rings. The van der Waals surface area contributed by atoms with Crippen molar-refractivity contribution in [1.29, 1.82) is 0 Å². The fraction of sp³-hybridized carbons (Fsp3) is 0.350. The predicted octanol–water partition coefficient (Wildman–Crippen LogP) is 2.69. The van der Waals surface area contributed by atoms with Gasteiger partial charge in [-0.1, -0.05) is 48.0 Å². The molecule has 0 spiro atoms. The van der Waals surface area contributed by atoms with Crippen LogP contribution in [0.2, 0.25) is 5.02 Å². The van der Waals surface area contributed by atoms with Gasteiger partial charge in [-0.15, -0.1) is 0 Å². The minimum Gasteiger partial charge on any atom is -0.357 e. The molecule has 0 atom stereocenters. The van der Waals surface area contributed by atoms with Gasteiger partial charge in [0.05, 0.1) is 12.3 Å². The number of halogens is 1. The molecule has 28 heavy (non-hydrogen) atoms. The Morgan fingerprint density at radius 1 is 1.04 bits per heavy atom. The molecule has 0 heterocycles. The van der Waals surface area contributed by atoms with Gasteiger partial charge in [-0.25, -0.2) is 18.1 Å². The predicted molar refractivity (Wildman–Crippen MR) is 116 cm³/mol. The van der Waals surface area contributed by atoms with Crippen LogP contribution in [0.1, 0.15) is 23.6 Å². The lowest BCUT2D eigenvalue weighted by molar-refractivity contribution is 0.587. The minimum absolute atomic E-state index is 0.0412. The van der Waals surface area contributed by atoms with Gasteiger partial charge in [-0.2, -0.15) is 0 Å². The molecule has 8 heteroatoms. The van der Waals surface area contributed by atoms with Crippen LogP contribution >= 0.6 is 11.6 Å². The van der Waals surface area contributed by atoms with Gasteiger partial charge in [0.15, 0.2) is 5.96 Å². The summed E-state index contributed by atoms with van der Waals surface area (Å²) in [6.07, 6.45) is 0.860. The smallest absolute Gasteiger partial charge is 0.215 e. The van der Waals surface area contributed by atoms with Crippen LogP contribution in [0.3, 0.4) is 0 Å². The molecule has 152 valence electrons. The number of guanidine groups is 1. The van der Waals surface area contributed by atoms with Crippen LogP contribution in [0.15, 0.2) is 53.5 Å². The first-order chi connectivity index (χ1) is 13.4. The largest absolute Gasteiger partial charge is 0.357 e. The summed E-state index contributed by atoms with van der Waals surface area (Å²) in [5.74, 6) is 0.685. The van der Waals surface area contributed by atoms with E-state index < -0.39 is 10.0 Å². The third-order valence-electron chi connectivity index (χ3n) is 4.04. The van der Waals surface area contributed by atoms with E-state index in [4.69, 9.17) is 11.6 Å². The van der Waals surface area contributed by atoms with E-state index in [0.29, 0.717) is 6.54 Å². The summed E-state index contributed by atoms with van der Waals surface area (Å²) < 4.78 is 25.8. The topological polar surface area (TPSA) is 82.6 Å². The molecule has 6 nitrogen and oxygen atoms in total. The van der Waals surface area contributed by atoms with E-state index in [1.165, 1.54) is 12.6 Å². The molecule has 0 aliphatic heterocycles. The van der Waals surface area contributed by atoms with E-state index in [0.717, 1.165) is 41.6 Å². The van der Waals surface area contributed by atoms with Gasteiger partial charge in [0.1, 0.15) is 0 Å². The summed E-state index contributed by atoms with van der Waals surface area (Å²) in [6, 6.07) is 15.3. The summed E-state index contributed by atoms with van der Waals surface area (Å²) >= 11 is 5.91. The number of rotatable bonds is 9. The molecule has 0 unspecified atom stereocenters. The second-order valence-electron chi connectivity index (χ2n) is 6.28. The molecule has 2 rings (SSSR count). The van der Waals surface area contributed by atoms with Crippen LogP contribution in [0, 0.1) is 0 Å². The molecular formula is C20H27ClN4O2S. The summed E-state index contributed by atoms with van der Waals surface area (Å²) in [7, 11) is -1.87. The highest BCUT2D eigenvalue weighted by Gasteiger charge is 2.08. The Labute approximate surface area is 172 Å². The molecule has 0 aliphatic carbocycles. The van der Waals surface area contributed by atoms with E-state index in [1.54, 1.807) is 6.07 Å². The minimum atomic E-state index is -3.29. The molecule has 0 saturated carbocycles. The number of nitrogens with one attached hydrogen (secondary N) is 3.